The Bertz CT molecular complexity index is 97.0. The Kier molecular flexibility index (Phi) is 19.0. The summed E-state index contributed by atoms with van der Waals surface area (Å²) in [6.45, 7) is 8.50. The average Bonchev–Trinajstić information content (AvgIpc) is 2.10. The van der Waals surface area contributed by atoms with Crippen molar-refractivity contribution in [1.29, 1.82) is 0 Å². The van der Waals surface area contributed by atoms with Crippen molar-refractivity contribution in [3.05, 3.63) is 30.6 Å². The predicted molar refractivity (Wildman–Crippen MR) is 56.2 cm³/mol. The molecule has 0 aliphatic rings. The molecule has 1 rings (SSSR count). The van der Waals surface area contributed by atoms with Crippen molar-refractivity contribution in [3.8, 4) is 0 Å². The van der Waals surface area contributed by atoms with Gasteiger partial charge in [-0.1, -0.05) is 46.6 Å². The Morgan fingerprint density at radius 3 is 1.17 bits per heavy atom. The van der Waals surface area contributed by atoms with E-state index in [1.54, 1.807) is 12.4 Å². The maximum absolute atomic E-state index is 3.78. The highest BCUT2D eigenvalue weighted by molar-refractivity contribution is 4.88. The molecule has 0 fully saturated rings. The van der Waals surface area contributed by atoms with Gasteiger partial charge in [0.1, 0.15) is 0 Å². The van der Waals surface area contributed by atoms with Gasteiger partial charge in [0.2, 0.25) is 0 Å². The van der Waals surface area contributed by atoms with Crippen LogP contribution >= 0.6 is 0 Å². The van der Waals surface area contributed by atoms with Crippen LogP contribution in [0.2, 0.25) is 0 Å². The van der Waals surface area contributed by atoms with E-state index < -0.39 is 0 Å². The molecule has 1 heterocycles. The number of pyridine rings is 1. The van der Waals surface area contributed by atoms with Gasteiger partial charge < -0.3 is 0 Å². The second-order valence-corrected chi connectivity index (χ2v) is 2.44. The smallest absolute Gasteiger partial charge is 0.0267 e. The number of hydrogen-bond donors (Lipinski definition) is 0. The molecule has 0 saturated carbocycles. The van der Waals surface area contributed by atoms with Crippen LogP contribution in [0.3, 0.4) is 0 Å². The van der Waals surface area contributed by atoms with Crippen LogP contribution in [0.5, 0.6) is 0 Å². The summed E-state index contributed by atoms with van der Waals surface area (Å²) in [6.07, 6.45) is 6.00. The Morgan fingerprint density at radius 2 is 1.08 bits per heavy atom. The van der Waals surface area contributed by atoms with Gasteiger partial charge in [-0.2, -0.15) is 0 Å². The second-order valence-electron chi connectivity index (χ2n) is 2.44. The molecule has 0 N–H and O–H groups in total. The van der Waals surface area contributed by atoms with Crippen LogP contribution in [0.1, 0.15) is 40.5 Å². The molecule has 0 spiro atoms. The van der Waals surface area contributed by atoms with Crippen molar-refractivity contribution in [2.45, 2.75) is 40.5 Å². The predicted octanol–water partition coefficient (Wildman–Crippen LogP) is 3.91. The molecule has 1 heteroatoms. The minimum absolute atomic E-state index is 1.25. The summed E-state index contributed by atoms with van der Waals surface area (Å²) in [4.78, 5) is 3.78. The molecule has 0 atom stereocenters. The molecule has 12 heavy (non-hydrogen) atoms. The fraction of sp³-hybridized carbons (Fsp3) is 0.545. The topological polar surface area (TPSA) is 12.9 Å². The van der Waals surface area contributed by atoms with Crippen LogP contribution in [0.4, 0.5) is 0 Å². The van der Waals surface area contributed by atoms with Gasteiger partial charge in [-0.3, -0.25) is 4.98 Å². The van der Waals surface area contributed by atoms with E-state index in [0.29, 0.717) is 0 Å². The molecule has 0 aromatic carbocycles. The Labute approximate surface area is 76.9 Å². The Balaban J connectivity index is 0. The third-order valence-electron chi connectivity index (χ3n) is 0.566. The highest BCUT2D eigenvalue weighted by atomic mass is 14.6. The van der Waals surface area contributed by atoms with E-state index in [2.05, 4.69) is 32.7 Å². The standard InChI is InChI=1S/C5H5N.2C3H8/c1-2-4-6-5-3-1;2*1-3-2/h1-5H;2*3H2,1-2H3. The summed E-state index contributed by atoms with van der Waals surface area (Å²) >= 11 is 0. The lowest BCUT2D eigenvalue weighted by Gasteiger charge is -1.70. The van der Waals surface area contributed by atoms with Crippen LogP contribution in [-0.2, 0) is 0 Å². The van der Waals surface area contributed by atoms with Crippen LogP contribution in [0, 0.1) is 0 Å². The first-order valence-corrected chi connectivity index (χ1v) is 4.68. The first-order valence-electron chi connectivity index (χ1n) is 4.68. The molecule has 0 aliphatic heterocycles. The van der Waals surface area contributed by atoms with E-state index in [0.717, 1.165) is 0 Å². The zero-order valence-corrected chi connectivity index (χ0v) is 8.75. The molecule has 0 aliphatic carbocycles. The molecule has 0 radical (unpaired) electrons. The molecule has 0 unspecified atom stereocenters. The Hall–Kier alpha value is -0.850. The summed E-state index contributed by atoms with van der Waals surface area (Å²) in [5, 5.41) is 0. The third-order valence-corrected chi connectivity index (χ3v) is 0.566. The monoisotopic (exact) mass is 167 g/mol. The van der Waals surface area contributed by atoms with Gasteiger partial charge in [0.25, 0.3) is 0 Å². The van der Waals surface area contributed by atoms with Gasteiger partial charge in [-0.05, 0) is 12.1 Å². The zero-order chi connectivity index (χ0) is 9.66. The summed E-state index contributed by atoms with van der Waals surface area (Å²) in [5.74, 6) is 0. The highest BCUT2D eigenvalue weighted by Gasteiger charge is 1.58. The zero-order valence-electron chi connectivity index (χ0n) is 8.75. The van der Waals surface area contributed by atoms with Crippen molar-refractivity contribution in [3.63, 3.8) is 0 Å². The van der Waals surface area contributed by atoms with Crippen LogP contribution in [0.15, 0.2) is 30.6 Å². The van der Waals surface area contributed by atoms with Crippen molar-refractivity contribution in [2.75, 3.05) is 0 Å². The number of aromatic nitrogens is 1. The van der Waals surface area contributed by atoms with Crippen molar-refractivity contribution >= 4 is 0 Å². The normalized spacial score (nSPS) is 7.00. The van der Waals surface area contributed by atoms with E-state index in [1.807, 2.05) is 18.2 Å². The van der Waals surface area contributed by atoms with E-state index in [1.165, 1.54) is 12.8 Å². The van der Waals surface area contributed by atoms with Gasteiger partial charge in [-0.15, -0.1) is 0 Å². The molecular weight excluding hydrogens is 146 g/mol. The first kappa shape index (κ1) is 13.7. The fourth-order valence-corrected chi connectivity index (χ4v) is 0.313. The molecule has 0 bridgehead atoms. The molecule has 70 valence electrons. The summed E-state index contributed by atoms with van der Waals surface area (Å²) in [7, 11) is 0. The quantitative estimate of drug-likeness (QED) is 0.571. The van der Waals surface area contributed by atoms with Crippen molar-refractivity contribution in [1.82, 2.24) is 4.98 Å². The molecular formula is C11H21N. The molecule has 1 nitrogen and oxygen atoms in total. The highest BCUT2D eigenvalue weighted by Crippen LogP contribution is 1.73. The number of hydrogen-bond acceptors (Lipinski definition) is 1. The first-order chi connectivity index (χ1) is 5.83. The van der Waals surface area contributed by atoms with Gasteiger partial charge in [0.15, 0.2) is 0 Å². The average molecular weight is 167 g/mol. The second kappa shape index (κ2) is 16.6. The molecule has 1 aromatic heterocycles. The molecule has 0 saturated heterocycles. The summed E-state index contributed by atoms with van der Waals surface area (Å²) in [5.41, 5.74) is 0. The van der Waals surface area contributed by atoms with Crippen molar-refractivity contribution < 1.29 is 0 Å². The largest absolute Gasteiger partial charge is 0.265 e. The summed E-state index contributed by atoms with van der Waals surface area (Å²) < 4.78 is 0. The lowest BCUT2D eigenvalue weighted by Crippen LogP contribution is -1.58. The fourth-order valence-electron chi connectivity index (χ4n) is 0.313. The van der Waals surface area contributed by atoms with Crippen LogP contribution < -0.4 is 0 Å². The number of nitrogens with zero attached hydrogens (tertiary/aromatic N) is 1. The lowest BCUT2D eigenvalue weighted by molar-refractivity contribution is 1.09. The molecule has 1 aromatic rings. The number of rotatable bonds is 0. The Morgan fingerprint density at radius 1 is 0.750 bits per heavy atom. The maximum Gasteiger partial charge on any atom is 0.0267 e. The van der Waals surface area contributed by atoms with E-state index in [4.69, 9.17) is 0 Å². The van der Waals surface area contributed by atoms with Gasteiger partial charge in [0.05, 0.1) is 0 Å². The van der Waals surface area contributed by atoms with Gasteiger partial charge in [-0.25, -0.2) is 0 Å². The third kappa shape index (κ3) is 22.9. The van der Waals surface area contributed by atoms with E-state index in [-0.39, 0.29) is 0 Å². The van der Waals surface area contributed by atoms with Gasteiger partial charge >= 0.3 is 0 Å². The minimum atomic E-state index is 1.25. The lowest BCUT2D eigenvalue weighted by atomic mass is 10.5. The van der Waals surface area contributed by atoms with Crippen molar-refractivity contribution in [2.24, 2.45) is 0 Å². The van der Waals surface area contributed by atoms with Crippen LogP contribution in [-0.4, -0.2) is 4.98 Å². The van der Waals surface area contributed by atoms with Gasteiger partial charge in [0, 0.05) is 12.4 Å². The van der Waals surface area contributed by atoms with E-state index in [9.17, 15) is 0 Å². The summed E-state index contributed by atoms with van der Waals surface area (Å²) in [6, 6.07) is 5.72. The minimum Gasteiger partial charge on any atom is -0.265 e. The van der Waals surface area contributed by atoms with Crippen LogP contribution in [0.25, 0.3) is 0 Å². The SMILES string of the molecule is CCC.CCC.c1ccncc1. The molecule has 0 amide bonds. The van der Waals surface area contributed by atoms with E-state index >= 15 is 0 Å². The maximum atomic E-state index is 3.78.